The number of hydrogen-bond donors (Lipinski definition) is 2. The molecule has 100 valence electrons. The summed E-state index contributed by atoms with van der Waals surface area (Å²) in [6.45, 7) is 6.30. The highest BCUT2D eigenvalue weighted by Crippen LogP contribution is 2.31. The van der Waals surface area contributed by atoms with E-state index in [2.05, 4.69) is 54.2 Å². The van der Waals surface area contributed by atoms with Gasteiger partial charge in [0.05, 0.1) is 5.69 Å². The van der Waals surface area contributed by atoms with Crippen molar-refractivity contribution < 1.29 is 5.11 Å². The standard InChI is InChI=1S/C16H18BrNO/c1-10-8-11(2)16(15(17)9-10)18-12(3)13-4-6-14(19)7-5-13/h4-9,12,18-19H,1-3H3. The molecule has 2 nitrogen and oxygen atoms in total. The Kier molecular flexibility index (Phi) is 4.15. The van der Waals surface area contributed by atoms with E-state index in [1.165, 1.54) is 11.1 Å². The second-order valence-corrected chi connectivity index (χ2v) is 5.75. The Bertz CT molecular complexity index is 555. The number of aryl methyl sites for hydroxylation is 2. The van der Waals surface area contributed by atoms with Crippen LogP contribution in [0.3, 0.4) is 0 Å². The molecule has 19 heavy (non-hydrogen) atoms. The molecule has 0 heterocycles. The van der Waals surface area contributed by atoms with Gasteiger partial charge in [-0.2, -0.15) is 0 Å². The largest absolute Gasteiger partial charge is 0.508 e. The van der Waals surface area contributed by atoms with E-state index in [0.717, 1.165) is 15.7 Å². The first-order chi connectivity index (χ1) is 8.97. The topological polar surface area (TPSA) is 32.3 Å². The fraction of sp³-hybridized carbons (Fsp3) is 0.250. The van der Waals surface area contributed by atoms with Crippen molar-refractivity contribution in [3.05, 3.63) is 57.6 Å². The van der Waals surface area contributed by atoms with Crippen molar-refractivity contribution >= 4 is 21.6 Å². The molecule has 0 saturated carbocycles. The fourth-order valence-electron chi connectivity index (χ4n) is 2.16. The van der Waals surface area contributed by atoms with Crippen molar-refractivity contribution in [2.45, 2.75) is 26.8 Å². The Balaban J connectivity index is 2.24. The Morgan fingerprint density at radius 2 is 1.74 bits per heavy atom. The molecule has 1 atom stereocenters. The van der Waals surface area contributed by atoms with Crippen LogP contribution in [0, 0.1) is 13.8 Å². The molecule has 0 aliphatic carbocycles. The molecule has 2 rings (SSSR count). The van der Waals surface area contributed by atoms with Gasteiger partial charge in [0.25, 0.3) is 0 Å². The third-order valence-corrected chi connectivity index (χ3v) is 3.81. The summed E-state index contributed by atoms with van der Waals surface area (Å²) in [5.41, 5.74) is 4.72. The molecule has 0 amide bonds. The third-order valence-electron chi connectivity index (χ3n) is 3.19. The van der Waals surface area contributed by atoms with Gasteiger partial charge >= 0.3 is 0 Å². The lowest BCUT2D eigenvalue weighted by atomic mass is 10.1. The third kappa shape index (κ3) is 3.29. The van der Waals surface area contributed by atoms with E-state index in [0.29, 0.717) is 5.75 Å². The smallest absolute Gasteiger partial charge is 0.115 e. The first-order valence-electron chi connectivity index (χ1n) is 6.29. The summed E-state index contributed by atoms with van der Waals surface area (Å²) >= 11 is 3.61. The highest BCUT2D eigenvalue weighted by Gasteiger charge is 2.10. The zero-order chi connectivity index (χ0) is 14.0. The normalized spacial score (nSPS) is 12.2. The number of aromatic hydroxyl groups is 1. The van der Waals surface area contributed by atoms with Gasteiger partial charge in [0.15, 0.2) is 0 Å². The molecule has 1 unspecified atom stereocenters. The molecule has 0 fully saturated rings. The quantitative estimate of drug-likeness (QED) is 0.839. The minimum Gasteiger partial charge on any atom is -0.508 e. The molecule has 0 saturated heterocycles. The van der Waals surface area contributed by atoms with Gasteiger partial charge < -0.3 is 10.4 Å². The summed E-state index contributed by atoms with van der Waals surface area (Å²) in [5.74, 6) is 0.295. The zero-order valence-electron chi connectivity index (χ0n) is 11.4. The number of rotatable bonds is 3. The van der Waals surface area contributed by atoms with Gasteiger partial charge in [-0.15, -0.1) is 0 Å². The number of phenols is 1. The average Bonchev–Trinajstić information content (AvgIpc) is 2.34. The van der Waals surface area contributed by atoms with Crippen LogP contribution in [0.2, 0.25) is 0 Å². The van der Waals surface area contributed by atoms with Gasteiger partial charge in [0.2, 0.25) is 0 Å². The van der Waals surface area contributed by atoms with E-state index < -0.39 is 0 Å². The highest BCUT2D eigenvalue weighted by atomic mass is 79.9. The van der Waals surface area contributed by atoms with Crippen LogP contribution in [0.15, 0.2) is 40.9 Å². The molecule has 0 aromatic heterocycles. The zero-order valence-corrected chi connectivity index (χ0v) is 13.0. The number of halogens is 1. The maximum Gasteiger partial charge on any atom is 0.115 e. The van der Waals surface area contributed by atoms with Gasteiger partial charge in [-0.1, -0.05) is 18.2 Å². The van der Waals surface area contributed by atoms with Crippen molar-refractivity contribution in [2.75, 3.05) is 5.32 Å². The first kappa shape index (κ1) is 13.9. The lowest BCUT2D eigenvalue weighted by Gasteiger charge is -2.19. The molecule has 2 aromatic rings. The Hall–Kier alpha value is -1.48. The van der Waals surface area contributed by atoms with Crippen LogP contribution in [-0.4, -0.2) is 5.11 Å². The van der Waals surface area contributed by atoms with E-state index in [4.69, 9.17) is 0 Å². The maximum absolute atomic E-state index is 9.32. The number of benzene rings is 2. The van der Waals surface area contributed by atoms with Crippen molar-refractivity contribution in [3.63, 3.8) is 0 Å². The van der Waals surface area contributed by atoms with E-state index in [9.17, 15) is 5.11 Å². The molecule has 3 heteroatoms. The van der Waals surface area contributed by atoms with Crippen molar-refractivity contribution in [2.24, 2.45) is 0 Å². The first-order valence-corrected chi connectivity index (χ1v) is 7.09. The summed E-state index contributed by atoms with van der Waals surface area (Å²) in [4.78, 5) is 0. The molecule has 0 radical (unpaired) electrons. The van der Waals surface area contributed by atoms with Gasteiger partial charge in [0, 0.05) is 10.5 Å². The predicted molar refractivity (Wildman–Crippen MR) is 83.8 cm³/mol. The van der Waals surface area contributed by atoms with Crippen LogP contribution in [0.4, 0.5) is 5.69 Å². The van der Waals surface area contributed by atoms with Gasteiger partial charge in [-0.3, -0.25) is 0 Å². The molecular weight excluding hydrogens is 302 g/mol. The summed E-state index contributed by atoms with van der Waals surface area (Å²) in [5, 5.41) is 12.8. The van der Waals surface area contributed by atoms with Gasteiger partial charge in [-0.25, -0.2) is 0 Å². The number of phenolic OH excluding ortho intramolecular Hbond substituents is 1. The minimum absolute atomic E-state index is 0.179. The van der Waals surface area contributed by atoms with Crippen molar-refractivity contribution in [1.29, 1.82) is 0 Å². The SMILES string of the molecule is Cc1cc(C)c(NC(C)c2ccc(O)cc2)c(Br)c1. The van der Waals surface area contributed by atoms with E-state index in [1.807, 2.05) is 12.1 Å². The summed E-state index contributed by atoms with van der Waals surface area (Å²) in [7, 11) is 0. The number of nitrogens with one attached hydrogen (secondary N) is 1. The van der Waals surface area contributed by atoms with Crippen LogP contribution >= 0.6 is 15.9 Å². The van der Waals surface area contributed by atoms with Crippen LogP contribution in [-0.2, 0) is 0 Å². The summed E-state index contributed by atoms with van der Waals surface area (Å²) < 4.78 is 1.08. The van der Waals surface area contributed by atoms with Crippen LogP contribution in [0.5, 0.6) is 5.75 Å². The second-order valence-electron chi connectivity index (χ2n) is 4.90. The molecule has 0 aliphatic rings. The van der Waals surface area contributed by atoms with Crippen molar-refractivity contribution in [3.8, 4) is 5.75 Å². The average molecular weight is 320 g/mol. The minimum atomic E-state index is 0.179. The summed E-state index contributed by atoms with van der Waals surface area (Å²) in [6, 6.07) is 11.7. The molecule has 0 spiro atoms. The van der Waals surface area contributed by atoms with E-state index in [-0.39, 0.29) is 6.04 Å². The fourth-order valence-corrected chi connectivity index (χ4v) is 2.95. The van der Waals surface area contributed by atoms with Crippen LogP contribution in [0.1, 0.15) is 29.7 Å². The second kappa shape index (κ2) is 5.66. The molecule has 0 bridgehead atoms. The lowest BCUT2D eigenvalue weighted by Crippen LogP contribution is -2.08. The van der Waals surface area contributed by atoms with Gasteiger partial charge in [-0.05, 0) is 71.6 Å². The maximum atomic E-state index is 9.32. The number of anilines is 1. The Labute approximate surface area is 122 Å². The highest BCUT2D eigenvalue weighted by molar-refractivity contribution is 9.10. The van der Waals surface area contributed by atoms with Crippen molar-refractivity contribution in [1.82, 2.24) is 0 Å². The Morgan fingerprint density at radius 3 is 2.32 bits per heavy atom. The van der Waals surface area contributed by atoms with Crippen LogP contribution in [0.25, 0.3) is 0 Å². The Morgan fingerprint density at radius 1 is 1.11 bits per heavy atom. The van der Waals surface area contributed by atoms with E-state index in [1.54, 1.807) is 12.1 Å². The molecular formula is C16H18BrNO. The van der Waals surface area contributed by atoms with E-state index >= 15 is 0 Å². The molecule has 2 aromatic carbocycles. The summed E-state index contributed by atoms with van der Waals surface area (Å²) in [6.07, 6.45) is 0. The monoisotopic (exact) mass is 319 g/mol. The molecule has 2 N–H and O–H groups in total. The van der Waals surface area contributed by atoms with Gasteiger partial charge in [0.1, 0.15) is 5.75 Å². The predicted octanol–water partition coefficient (Wildman–Crippen LogP) is 4.94. The number of hydrogen-bond acceptors (Lipinski definition) is 2. The lowest BCUT2D eigenvalue weighted by molar-refractivity contribution is 0.475. The molecule has 0 aliphatic heterocycles. The van der Waals surface area contributed by atoms with Crippen LogP contribution < -0.4 is 5.32 Å².